The van der Waals surface area contributed by atoms with Gasteiger partial charge in [0.25, 0.3) is 0 Å². The average Bonchev–Trinajstić information content (AvgIpc) is 2.90. The SMILES string of the molecule is CNC1CCC(N2CCn3c(nnc3C(F)(F)F)C2)CC1. The maximum Gasteiger partial charge on any atom is 0.451 e. The van der Waals surface area contributed by atoms with E-state index in [2.05, 4.69) is 20.4 Å². The molecular formula is C13H20F3N5. The minimum Gasteiger partial charge on any atom is -0.317 e. The molecule has 3 rings (SSSR count). The molecule has 0 bridgehead atoms. The first kappa shape index (κ1) is 14.8. The van der Waals surface area contributed by atoms with E-state index in [1.807, 2.05) is 7.05 Å². The number of fused-ring (bicyclic) bond motifs is 1. The lowest BCUT2D eigenvalue weighted by Gasteiger charge is -2.38. The Morgan fingerprint density at radius 2 is 1.81 bits per heavy atom. The molecule has 8 heteroatoms. The topological polar surface area (TPSA) is 46.0 Å². The molecular weight excluding hydrogens is 283 g/mol. The molecule has 0 saturated heterocycles. The Balaban J connectivity index is 1.67. The van der Waals surface area contributed by atoms with Gasteiger partial charge >= 0.3 is 6.18 Å². The molecule has 5 nitrogen and oxygen atoms in total. The summed E-state index contributed by atoms with van der Waals surface area (Å²) in [6.45, 7) is 1.43. The van der Waals surface area contributed by atoms with E-state index < -0.39 is 12.0 Å². The van der Waals surface area contributed by atoms with E-state index in [1.165, 1.54) is 4.57 Å². The van der Waals surface area contributed by atoms with Crippen LogP contribution in [0.5, 0.6) is 0 Å². The minimum atomic E-state index is -4.42. The lowest BCUT2D eigenvalue weighted by molar-refractivity contribution is -0.148. The van der Waals surface area contributed by atoms with E-state index in [9.17, 15) is 13.2 Å². The van der Waals surface area contributed by atoms with Gasteiger partial charge in [0, 0.05) is 25.2 Å². The van der Waals surface area contributed by atoms with E-state index in [0.29, 0.717) is 37.5 Å². The predicted molar refractivity (Wildman–Crippen MR) is 70.5 cm³/mol. The Morgan fingerprint density at radius 1 is 1.10 bits per heavy atom. The third kappa shape index (κ3) is 2.91. The maximum absolute atomic E-state index is 12.8. The molecule has 21 heavy (non-hydrogen) atoms. The van der Waals surface area contributed by atoms with E-state index in [0.717, 1.165) is 25.7 Å². The number of nitrogens with one attached hydrogen (secondary N) is 1. The van der Waals surface area contributed by atoms with Gasteiger partial charge in [-0.15, -0.1) is 10.2 Å². The molecule has 1 aromatic rings. The number of halogens is 3. The first-order chi connectivity index (χ1) is 9.99. The summed E-state index contributed by atoms with van der Waals surface area (Å²) in [5.74, 6) is -0.430. The van der Waals surface area contributed by atoms with Crippen molar-refractivity contribution < 1.29 is 13.2 Å². The molecule has 1 aliphatic heterocycles. The largest absolute Gasteiger partial charge is 0.451 e. The van der Waals surface area contributed by atoms with Crippen molar-refractivity contribution in [2.45, 2.75) is 57.0 Å². The first-order valence-electron chi connectivity index (χ1n) is 7.39. The van der Waals surface area contributed by atoms with Gasteiger partial charge in [-0.05, 0) is 32.7 Å². The second-order valence-electron chi connectivity index (χ2n) is 5.85. The zero-order valence-corrected chi connectivity index (χ0v) is 12.0. The highest BCUT2D eigenvalue weighted by Crippen LogP contribution is 2.31. The van der Waals surface area contributed by atoms with E-state index in [-0.39, 0.29) is 0 Å². The van der Waals surface area contributed by atoms with Crippen LogP contribution in [0.1, 0.15) is 37.3 Å². The molecule has 0 spiro atoms. The molecule has 1 fully saturated rings. The number of hydrogen-bond acceptors (Lipinski definition) is 4. The first-order valence-corrected chi connectivity index (χ1v) is 7.39. The van der Waals surface area contributed by atoms with E-state index in [4.69, 9.17) is 0 Å². The molecule has 1 N–H and O–H groups in total. The van der Waals surface area contributed by atoms with Crippen LogP contribution in [-0.2, 0) is 19.3 Å². The van der Waals surface area contributed by atoms with Gasteiger partial charge in [0.05, 0.1) is 6.54 Å². The Kier molecular flexibility index (Phi) is 3.92. The predicted octanol–water partition coefficient (Wildman–Crippen LogP) is 1.64. The fourth-order valence-corrected chi connectivity index (χ4v) is 3.43. The Morgan fingerprint density at radius 3 is 2.43 bits per heavy atom. The minimum absolute atomic E-state index is 0.323. The molecule has 1 aliphatic carbocycles. The Labute approximate surface area is 121 Å². The molecule has 2 aliphatic rings. The molecule has 1 saturated carbocycles. The fraction of sp³-hybridized carbons (Fsp3) is 0.846. The monoisotopic (exact) mass is 303 g/mol. The van der Waals surface area contributed by atoms with Crippen LogP contribution in [0, 0.1) is 0 Å². The van der Waals surface area contributed by atoms with Gasteiger partial charge in [0.15, 0.2) is 0 Å². The highest BCUT2D eigenvalue weighted by Gasteiger charge is 2.40. The second kappa shape index (κ2) is 5.57. The van der Waals surface area contributed by atoms with Crippen LogP contribution in [0.3, 0.4) is 0 Å². The molecule has 0 unspecified atom stereocenters. The number of hydrogen-bond donors (Lipinski definition) is 1. The maximum atomic E-state index is 12.8. The highest BCUT2D eigenvalue weighted by atomic mass is 19.4. The molecule has 118 valence electrons. The molecule has 0 aromatic carbocycles. The van der Waals surface area contributed by atoms with E-state index in [1.54, 1.807) is 0 Å². The lowest BCUT2D eigenvalue weighted by atomic mass is 9.90. The van der Waals surface area contributed by atoms with Gasteiger partial charge in [0.1, 0.15) is 5.82 Å². The molecule has 0 atom stereocenters. The van der Waals surface area contributed by atoms with Crippen molar-refractivity contribution in [1.29, 1.82) is 0 Å². The van der Waals surface area contributed by atoms with Crippen LogP contribution in [0.15, 0.2) is 0 Å². The quantitative estimate of drug-likeness (QED) is 0.902. The highest BCUT2D eigenvalue weighted by molar-refractivity contribution is 5.03. The van der Waals surface area contributed by atoms with Gasteiger partial charge in [-0.2, -0.15) is 13.2 Å². The van der Waals surface area contributed by atoms with Gasteiger partial charge < -0.3 is 9.88 Å². The van der Waals surface area contributed by atoms with Crippen molar-refractivity contribution in [1.82, 2.24) is 25.0 Å². The summed E-state index contributed by atoms with van der Waals surface area (Å²) in [5, 5.41) is 10.4. The summed E-state index contributed by atoms with van der Waals surface area (Å²) in [6.07, 6.45) is 0.00609. The number of aromatic nitrogens is 3. The third-order valence-corrected chi connectivity index (χ3v) is 4.66. The molecule has 0 amide bonds. The average molecular weight is 303 g/mol. The van der Waals surface area contributed by atoms with Crippen molar-refractivity contribution in [2.75, 3.05) is 13.6 Å². The van der Waals surface area contributed by atoms with Gasteiger partial charge in [0.2, 0.25) is 5.82 Å². The summed E-state index contributed by atoms with van der Waals surface area (Å²) in [4.78, 5) is 2.26. The Bertz CT molecular complexity index is 490. The normalized spacial score (nSPS) is 27.6. The van der Waals surface area contributed by atoms with Gasteiger partial charge in [-0.25, -0.2) is 0 Å². The van der Waals surface area contributed by atoms with Crippen molar-refractivity contribution in [3.05, 3.63) is 11.6 Å². The zero-order valence-electron chi connectivity index (χ0n) is 12.0. The molecule has 0 radical (unpaired) electrons. The van der Waals surface area contributed by atoms with Crippen molar-refractivity contribution in [3.8, 4) is 0 Å². The van der Waals surface area contributed by atoms with Crippen LogP contribution in [0.2, 0.25) is 0 Å². The number of alkyl halides is 3. The van der Waals surface area contributed by atoms with E-state index >= 15 is 0 Å². The summed E-state index contributed by atoms with van der Waals surface area (Å²) < 4.78 is 39.6. The fourth-order valence-electron chi connectivity index (χ4n) is 3.43. The van der Waals surface area contributed by atoms with Gasteiger partial charge in [-0.1, -0.05) is 0 Å². The Hall–Kier alpha value is -1.15. The molecule has 1 aromatic heterocycles. The smallest absolute Gasteiger partial charge is 0.317 e. The van der Waals surface area contributed by atoms with Crippen LogP contribution in [0.4, 0.5) is 13.2 Å². The summed E-state index contributed by atoms with van der Waals surface area (Å²) >= 11 is 0. The molecule has 2 heterocycles. The van der Waals surface area contributed by atoms with Crippen LogP contribution in [-0.4, -0.2) is 45.3 Å². The van der Waals surface area contributed by atoms with Crippen molar-refractivity contribution in [3.63, 3.8) is 0 Å². The van der Waals surface area contributed by atoms with Gasteiger partial charge in [-0.3, -0.25) is 4.90 Å². The van der Waals surface area contributed by atoms with Crippen LogP contribution in [0.25, 0.3) is 0 Å². The standard InChI is InChI=1S/C13H20F3N5/c1-17-9-2-4-10(5-3-9)20-6-7-21-11(8-20)18-19-12(21)13(14,15)16/h9-10,17H,2-8H2,1H3. The van der Waals surface area contributed by atoms with Crippen molar-refractivity contribution >= 4 is 0 Å². The zero-order chi connectivity index (χ0) is 15.0. The number of nitrogens with zero attached hydrogens (tertiary/aromatic N) is 4. The summed E-state index contributed by atoms with van der Waals surface area (Å²) in [7, 11) is 1.98. The summed E-state index contributed by atoms with van der Waals surface area (Å²) in [5.41, 5.74) is 0. The lowest BCUT2D eigenvalue weighted by Crippen LogP contribution is -2.45. The van der Waals surface area contributed by atoms with Crippen LogP contribution < -0.4 is 5.32 Å². The number of rotatable bonds is 2. The van der Waals surface area contributed by atoms with Crippen LogP contribution >= 0.6 is 0 Å². The second-order valence-corrected chi connectivity index (χ2v) is 5.85. The summed E-state index contributed by atoms with van der Waals surface area (Å²) in [6, 6.07) is 1.03. The third-order valence-electron chi connectivity index (χ3n) is 4.66. The van der Waals surface area contributed by atoms with Crippen molar-refractivity contribution in [2.24, 2.45) is 0 Å².